The monoisotopic (exact) mass is 242 g/mol. The van der Waals surface area contributed by atoms with Crippen molar-refractivity contribution >= 4 is 0 Å². The van der Waals surface area contributed by atoms with Gasteiger partial charge in [-0.1, -0.05) is 0 Å². The first-order valence-electron chi connectivity index (χ1n) is 7.72. The van der Waals surface area contributed by atoms with Gasteiger partial charge in [-0.3, -0.25) is 0 Å². The summed E-state index contributed by atoms with van der Waals surface area (Å²) >= 11 is 0. The van der Waals surface area contributed by atoms with Crippen molar-refractivity contribution in [1.82, 2.24) is 5.32 Å². The molecule has 0 spiro atoms. The SMILES string of the molecule is N#C/C(=C1/CCCN1)C1C2CC3CC(C2)CC1C3. The molecule has 0 aromatic heterocycles. The minimum Gasteiger partial charge on any atom is -0.388 e. The Labute approximate surface area is 109 Å². The minimum atomic E-state index is 0.614. The Morgan fingerprint density at radius 3 is 2.22 bits per heavy atom. The van der Waals surface area contributed by atoms with Gasteiger partial charge >= 0.3 is 0 Å². The second kappa shape index (κ2) is 4.02. The quantitative estimate of drug-likeness (QED) is 0.717. The highest BCUT2D eigenvalue weighted by atomic mass is 14.9. The van der Waals surface area contributed by atoms with Crippen LogP contribution in [0.1, 0.15) is 44.9 Å². The van der Waals surface area contributed by atoms with Gasteiger partial charge in [-0.05, 0) is 68.6 Å². The lowest BCUT2D eigenvalue weighted by Gasteiger charge is -2.54. The summed E-state index contributed by atoms with van der Waals surface area (Å²) in [6.45, 7) is 1.08. The first-order chi connectivity index (χ1) is 8.85. The standard InChI is InChI=1S/C16H22N2/c17-9-14(15-2-1-3-18-15)16-12-5-10-4-11(7-12)8-13(16)6-10/h10-13,16,18H,1-8H2/b15-14+. The van der Waals surface area contributed by atoms with Gasteiger partial charge in [-0.25, -0.2) is 0 Å². The van der Waals surface area contributed by atoms with Gasteiger partial charge in [-0.15, -0.1) is 0 Å². The molecule has 18 heavy (non-hydrogen) atoms. The van der Waals surface area contributed by atoms with Crippen molar-refractivity contribution in [2.75, 3.05) is 6.54 Å². The van der Waals surface area contributed by atoms with Crippen LogP contribution in [0.3, 0.4) is 0 Å². The summed E-state index contributed by atoms with van der Waals surface area (Å²) in [5.41, 5.74) is 2.45. The molecule has 1 N–H and O–H groups in total. The average Bonchev–Trinajstić information content (AvgIpc) is 2.86. The van der Waals surface area contributed by atoms with Crippen molar-refractivity contribution in [2.24, 2.45) is 29.6 Å². The van der Waals surface area contributed by atoms with E-state index >= 15 is 0 Å². The molecule has 0 atom stereocenters. The van der Waals surface area contributed by atoms with E-state index in [9.17, 15) is 5.26 Å². The summed E-state index contributed by atoms with van der Waals surface area (Å²) in [4.78, 5) is 0. The van der Waals surface area contributed by atoms with Crippen LogP contribution >= 0.6 is 0 Å². The van der Waals surface area contributed by atoms with Crippen molar-refractivity contribution < 1.29 is 0 Å². The summed E-state index contributed by atoms with van der Waals surface area (Å²) in [5, 5.41) is 13.1. The van der Waals surface area contributed by atoms with Crippen LogP contribution in [0.15, 0.2) is 11.3 Å². The van der Waals surface area contributed by atoms with Crippen molar-refractivity contribution in [2.45, 2.75) is 44.9 Å². The topological polar surface area (TPSA) is 35.8 Å². The molecule has 4 aliphatic carbocycles. The molecule has 5 aliphatic rings. The third-order valence-corrected chi connectivity index (χ3v) is 5.95. The van der Waals surface area contributed by atoms with E-state index in [0.717, 1.165) is 42.2 Å². The van der Waals surface area contributed by atoms with E-state index in [2.05, 4.69) is 11.4 Å². The van der Waals surface area contributed by atoms with Crippen LogP contribution in [-0.4, -0.2) is 6.54 Å². The summed E-state index contributed by atoms with van der Waals surface area (Å²) in [5.74, 6) is 4.30. The Kier molecular flexibility index (Phi) is 2.43. The van der Waals surface area contributed by atoms with Crippen molar-refractivity contribution in [1.29, 1.82) is 5.26 Å². The number of nitriles is 1. The van der Waals surface area contributed by atoms with Crippen LogP contribution in [-0.2, 0) is 0 Å². The summed E-state index contributed by atoms with van der Waals surface area (Å²) in [6, 6.07) is 2.59. The van der Waals surface area contributed by atoms with Crippen LogP contribution in [0.2, 0.25) is 0 Å². The molecule has 4 bridgehead atoms. The number of nitrogens with zero attached hydrogens (tertiary/aromatic N) is 1. The number of hydrogen-bond donors (Lipinski definition) is 1. The third-order valence-electron chi connectivity index (χ3n) is 5.95. The Bertz CT molecular complexity index is 393. The lowest BCUT2D eigenvalue weighted by Crippen LogP contribution is -2.46. The van der Waals surface area contributed by atoms with Crippen LogP contribution in [0.25, 0.3) is 0 Å². The van der Waals surface area contributed by atoms with Crippen LogP contribution in [0.4, 0.5) is 0 Å². The van der Waals surface area contributed by atoms with Gasteiger partial charge in [0.05, 0.1) is 11.6 Å². The molecule has 2 nitrogen and oxygen atoms in total. The molecule has 4 saturated carbocycles. The number of hydrogen-bond acceptors (Lipinski definition) is 2. The van der Waals surface area contributed by atoms with Gasteiger partial charge in [0, 0.05) is 18.2 Å². The van der Waals surface area contributed by atoms with Crippen molar-refractivity contribution in [3.05, 3.63) is 11.3 Å². The number of rotatable bonds is 1. The molecule has 0 aromatic rings. The van der Waals surface area contributed by atoms with Crippen LogP contribution in [0, 0.1) is 40.9 Å². The van der Waals surface area contributed by atoms with E-state index in [4.69, 9.17) is 0 Å². The average molecular weight is 242 g/mol. The maximum absolute atomic E-state index is 9.62. The zero-order chi connectivity index (χ0) is 12.1. The molecule has 1 saturated heterocycles. The summed E-state index contributed by atoms with van der Waals surface area (Å²) in [6.07, 6.45) is 9.48. The molecule has 2 heteroatoms. The molecular weight excluding hydrogens is 220 g/mol. The Balaban J connectivity index is 1.68. The van der Waals surface area contributed by atoms with Gasteiger partial charge in [0.1, 0.15) is 0 Å². The van der Waals surface area contributed by atoms with E-state index in [1.807, 2.05) is 0 Å². The van der Waals surface area contributed by atoms with E-state index in [1.54, 1.807) is 0 Å². The first-order valence-corrected chi connectivity index (χ1v) is 7.72. The fourth-order valence-corrected chi connectivity index (χ4v) is 5.56. The highest BCUT2D eigenvalue weighted by molar-refractivity contribution is 5.33. The molecule has 1 heterocycles. The first kappa shape index (κ1) is 10.9. The molecular formula is C16H22N2. The third kappa shape index (κ3) is 1.53. The Hall–Kier alpha value is -0.970. The molecule has 96 valence electrons. The predicted molar refractivity (Wildman–Crippen MR) is 70.4 cm³/mol. The number of allylic oxidation sites excluding steroid dienone is 2. The van der Waals surface area contributed by atoms with Crippen LogP contribution in [0.5, 0.6) is 0 Å². The second-order valence-corrected chi connectivity index (χ2v) is 6.99. The van der Waals surface area contributed by atoms with E-state index in [-0.39, 0.29) is 0 Å². The highest BCUT2D eigenvalue weighted by Crippen LogP contribution is 2.58. The maximum Gasteiger partial charge on any atom is 0.0968 e. The second-order valence-electron chi connectivity index (χ2n) is 6.99. The highest BCUT2D eigenvalue weighted by Gasteiger charge is 2.49. The summed E-state index contributed by atoms with van der Waals surface area (Å²) in [7, 11) is 0. The van der Waals surface area contributed by atoms with Gasteiger partial charge in [0.15, 0.2) is 0 Å². The largest absolute Gasteiger partial charge is 0.388 e. The van der Waals surface area contributed by atoms with Gasteiger partial charge < -0.3 is 5.32 Å². The molecule has 0 aromatic carbocycles. The van der Waals surface area contributed by atoms with Crippen LogP contribution < -0.4 is 5.32 Å². The smallest absolute Gasteiger partial charge is 0.0968 e. The zero-order valence-electron chi connectivity index (χ0n) is 11.0. The Morgan fingerprint density at radius 1 is 1.06 bits per heavy atom. The molecule has 5 fully saturated rings. The van der Waals surface area contributed by atoms with Crippen molar-refractivity contribution in [3.63, 3.8) is 0 Å². The molecule has 1 aliphatic heterocycles. The maximum atomic E-state index is 9.62. The Morgan fingerprint density at radius 2 is 1.72 bits per heavy atom. The van der Waals surface area contributed by atoms with Crippen molar-refractivity contribution in [3.8, 4) is 6.07 Å². The minimum absolute atomic E-state index is 0.614. The van der Waals surface area contributed by atoms with E-state index in [1.165, 1.54) is 44.2 Å². The normalized spacial score (nSPS) is 47.8. The lowest BCUT2D eigenvalue weighted by molar-refractivity contribution is -0.0196. The van der Waals surface area contributed by atoms with Gasteiger partial charge in [0.25, 0.3) is 0 Å². The molecule has 0 amide bonds. The summed E-state index contributed by atoms with van der Waals surface area (Å²) < 4.78 is 0. The van der Waals surface area contributed by atoms with Gasteiger partial charge in [0.2, 0.25) is 0 Å². The zero-order valence-corrected chi connectivity index (χ0v) is 11.0. The lowest BCUT2D eigenvalue weighted by atomic mass is 9.50. The molecule has 0 unspecified atom stereocenters. The fraction of sp³-hybridized carbons (Fsp3) is 0.812. The van der Waals surface area contributed by atoms with Gasteiger partial charge in [-0.2, -0.15) is 5.26 Å². The van der Waals surface area contributed by atoms with E-state index in [0.29, 0.717) is 5.92 Å². The fourth-order valence-electron chi connectivity index (χ4n) is 5.56. The molecule has 0 radical (unpaired) electrons. The predicted octanol–water partition coefficient (Wildman–Crippen LogP) is 3.22. The number of nitrogens with one attached hydrogen (secondary N) is 1. The molecule has 5 rings (SSSR count). The van der Waals surface area contributed by atoms with E-state index < -0.39 is 0 Å².